The zero-order chi connectivity index (χ0) is 14.5. The van der Waals surface area contributed by atoms with E-state index in [4.69, 9.17) is 5.26 Å². The van der Waals surface area contributed by atoms with Crippen molar-refractivity contribution in [1.82, 2.24) is 9.88 Å². The van der Waals surface area contributed by atoms with Crippen molar-refractivity contribution in [3.05, 3.63) is 63.9 Å². The lowest BCUT2D eigenvalue weighted by atomic mass is 10.2. The molecule has 2 rings (SSSR count). The predicted octanol–water partition coefficient (Wildman–Crippen LogP) is 2.99. The fraction of sp³-hybridized carbons (Fsp3) is 0.133. The Morgan fingerprint density at radius 1 is 1.35 bits per heavy atom. The summed E-state index contributed by atoms with van der Waals surface area (Å²) in [4.78, 5) is 17.8. The molecule has 0 unspecified atom stereocenters. The highest BCUT2D eigenvalue weighted by Gasteiger charge is 2.14. The fourth-order valence-electron chi connectivity index (χ4n) is 1.79. The first-order valence-corrected chi connectivity index (χ1v) is 6.76. The van der Waals surface area contributed by atoms with Crippen LogP contribution in [0.2, 0.25) is 0 Å². The van der Waals surface area contributed by atoms with Crippen LogP contribution in [0, 0.1) is 11.3 Å². The van der Waals surface area contributed by atoms with E-state index >= 15 is 0 Å². The maximum atomic E-state index is 12.2. The number of nitrogens with zero attached hydrogens (tertiary/aromatic N) is 3. The molecule has 5 heteroatoms. The van der Waals surface area contributed by atoms with Crippen molar-refractivity contribution in [2.24, 2.45) is 0 Å². The van der Waals surface area contributed by atoms with Crippen LogP contribution in [0.15, 0.2) is 46.9 Å². The van der Waals surface area contributed by atoms with Gasteiger partial charge in [0, 0.05) is 18.1 Å². The quantitative estimate of drug-likeness (QED) is 0.869. The molecule has 0 saturated carbocycles. The first-order valence-electron chi connectivity index (χ1n) is 5.97. The van der Waals surface area contributed by atoms with Crippen LogP contribution in [0.5, 0.6) is 0 Å². The van der Waals surface area contributed by atoms with E-state index in [-0.39, 0.29) is 17.3 Å². The second-order valence-electron chi connectivity index (χ2n) is 4.31. The second-order valence-corrected chi connectivity index (χ2v) is 5.23. The number of carbonyl (C=O) groups is 1. The molecule has 100 valence electrons. The van der Waals surface area contributed by atoms with Crippen molar-refractivity contribution in [3.8, 4) is 6.07 Å². The van der Waals surface area contributed by atoms with E-state index in [0.29, 0.717) is 6.54 Å². The summed E-state index contributed by atoms with van der Waals surface area (Å²) in [6.07, 6.45) is 0. The third kappa shape index (κ3) is 3.43. The standard InChI is InChI=1S/C15H12BrN3O/c1-19(10-11-4-2-5-12(16)8-11)15(20)14-7-3-6-13(9-17)18-14/h2-8H,10H2,1H3. The molecule has 0 aliphatic carbocycles. The van der Waals surface area contributed by atoms with Gasteiger partial charge in [0.05, 0.1) is 0 Å². The molecule has 0 saturated heterocycles. The Hall–Kier alpha value is -2.19. The average Bonchev–Trinajstić information content (AvgIpc) is 2.46. The Morgan fingerprint density at radius 3 is 2.80 bits per heavy atom. The normalized spacial score (nSPS) is 9.85. The SMILES string of the molecule is CN(Cc1cccc(Br)c1)C(=O)c1cccc(C#N)n1. The summed E-state index contributed by atoms with van der Waals surface area (Å²) in [6.45, 7) is 0.483. The summed E-state index contributed by atoms with van der Waals surface area (Å²) in [5.41, 5.74) is 1.54. The summed E-state index contributed by atoms with van der Waals surface area (Å²) in [5.74, 6) is -0.206. The maximum absolute atomic E-state index is 12.2. The monoisotopic (exact) mass is 329 g/mol. The van der Waals surface area contributed by atoms with Crippen LogP contribution < -0.4 is 0 Å². The number of hydrogen-bond acceptors (Lipinski definition) is 3. The van der Waals surface area contributed by atoms with Crippen molar-refractivity contribution in [2.75, 3.05) is 7.05 Å². The lowest BCUT2D eigenvalue weighted by Crippen LogP contribution is -2.27. The molecule has 0 bridgehead atoms. The summed E-state index contributed by atoms with van der Waals surface area (Å²) in [7, 11) is 1.71. The van der Waals surface area contributed by atoms with E-state index < -0.39 is 0 Å². The predicted molar refractivity (Wildman–Crippen MR) is 78.9 cm³/mol. The summed E-state index contributed by atoms with van der Waals surface area (Å²) < 4.78 is 0.973. The number of rotatable bonds is 3. The van der Waals surface area contributed by atoms with Crippen molar-refractivity contribution in [1.29, 1.82) is 5.26 Å². The minimum Gasteiger partial charge on any atom is -0.336 e. The van der Waals surface area contributed by atoms with Crippen molar-refractivity contribution < 1.29 is 4.79 Å². The molecular weight excluding hydrogens is 318 g/mol. The van der Waals surface area contributed by atoms with Gasteiger partial charge in [-0.05, 0) is 29.8 Å². The molecule has 0 spiro atoms. The van der Waals surface area contributed by atoms with Crippen LogP contribution in [0.25, 0.3) is 0 Å². The third-order valence-corrected chi connectivity index (χ3v) is 3.23. The fourth-order valence-corrected chi connectivity index (χ4v) is 2.24. The summed E-state index contributed by atoms with van der Waals surface area (Å²) in [6, 6.07) is 14.5. The number of carbonyl (C=O) groups excluding carboxylic acids is 1. The molecule has 1 aromatic heterocycles. The van der Waals surface area contributed by atoms with Gasteiger partial charge in [-0.15, -0.1) is 0 Å². The second kappa shape index (κ2) is 6.31. The summed E-state index contributed by atoms with van der Waals surface area (Å²) >= 11 is 3.40. The van der Waals surface area contributed by atoms with Crippen LogP contribution in [-0.2, 0) is 6.54 Å². The van der Waals surface area contributed by atoms with Gasteiger partial charge in [-0.25, -0.2) is 4.98 Å². The Labute approximate surface area is 125 Å². The van der Waals surface area contributed by atoms with E-state index in [1.54, 1.807) is 30.1 Å². The molecule has 0 aliphatic rings. The molecule has 1 amide bonds. The molecule has 1 aromatic carbocycles. The highest BCUT2D eigenvalue weighted by atomic mass is 79.9. The molecule has 0 radical (unpaired) electrons. The van der Waals surface area contributed by atoms with E-state index in [0.717, 1.165) is 10.0 Å². The summed E-state index contributed by atoms with van der Waals surface area (Å²) in [5, 5.41) is 8.81. The van der Waals surface area contributed by atoms with Gasteiger partial charge in [-0.1, -0.05) is 34.1 Å². The zero-order valence-electron chi connectivity index (χ0n) is 10.9. The number of nitriles is 1. The number of pyridine rings is 1. The molecule has 0 aliphatic heterocycles. The lowest BCUT2D eigenvalue weighted by molar-refractivity contribution is 0.0779. The first kappa shape index (κ1) is 14.2. The van der Waals surface area contributed by atoms with Gasteiger partial charge in [0.1, 0.15) is 17.5 Å². The van der Waals surface area contributed by atoms with Gasteiger partial charge in [-0.2, -0.15) is 5.26 Å². The highest BCUT2D eigenvalue weighted by molar-refractivity contribution is 9.10. The molecule has 0 N–H and O–H groups in total. The van der Waals surface area contributed by atoms with E-state index in [1.165, 1.54) is 0 Å². The number of halogens is 1. The van der Waals surface area contributed by atoms with Crippen LogP contribution in [0.3, 0.4) is 0 Å². The van der Waals surface area contributed by atoms with Crippen molar-refractivity contribution in [2.45, 2.75) is 6.54 Å². The van der Waals surface area contributed by atoms with Crippen LogP contribution in [0.1, 0.15) is 21.7 Å². The van der Waals surface area contributed by atoms with Crippen LogP contribution in [0.4, 0.5) is 0 Å². The van der Waals surface area contributed by atoms with Gasteiger partial charge in [0.2, 0.25) is 0 Å². The molecule has 2 aromatic rings. The molecule has 1 heterocycles. The Kier molecular flexibility index (Phi) is 4.49. The van der Waals surface area contributed by atoms with Crippen molar-refractivity contribution in [3.63, 3.8) is 0 Å². The smallest absolute Gasteiger partial charge is 0.272 e. The molecule has 4 nitrogen and oxygen atoms in total. The van der Waals surface area contributed by atoms with Crippen LogP contribution in [-0.4, -0.2) is 22.8 Å². The van der Waals surface area contributed by atoms with Gasteiger partial charge in [0.15, 0.2) is 0 Å². The van der Waals surface area contributed by atoms with E-state index in [2.05, 4.69) is 20.9 Å². The van der Waals surface area contributed by atoms with Gasteiger partial charge < -0.3 is 4.90 Å². The van der Waals surface area contributed by atoms with E-state index in [1.807, 2.05) is 30.3 Å². The molecule has 0 atom stereocenters. The lowest BCUT2D eigenvalue weighted by Gasteiger charge is -2.17. The Morgan fingerprint density at radius 2 is 2.10 bits per heavy atom. The third-order valence-electron chi connectivity index (χ3n) is 2.74. The highest BCUT2D eigenvalue weighted by Crippen LogP contribution is 2.14. The largest absolute Gasteiger partial charge is 0.336 e. The number of benzene rings is 1. The average molecular weight is 330 g/mol. The minimum atomic E-state index is -0.206. The van der Waals surface area contributed by atoms with Gasteiger partial charge >= 0.3 is 0 Å². The molecular formula is C15H12BrN3O. The topological polar surface area (TPSA) is 57.0 Å². The van der Waals surface area contributed by atoms with Crippen molar-refractivity contribution >= 4 is 21.8 Å². The minimum absolute atomic E-state index is 0.206. The molecule has 0 fully saturated rings. The van der Waals surface area contributed by atoms with Crippen LogP contribution >= 0.6 is 15.9 Å². The Balaban J connectivity index is 2.14. The number of hydrogen-bond donors (Lipinski definition) is 0. The van der Waals surface area contributed by atoms with Gasteiger partial charge in [-0.3, -0.25) is 4.79 Å². The Bertz CT molecular complexity index is 679. The maximum Gasteiger partial charge on any atom is 0.272 e. The first-order chi connectivity index (χ1) is 9.60. The van der Waals surface area contributed by atoms with E-state index in [9.17, 15) is 4.79 Å². The van der Waals surface area contributed by atoms with Gasteiger partial charge in [0.25, 0.3) is 5.91 Å². The molecule has 20 heavy (non-hydrogen) atoms. The zero-order valence-corrected chi connectivity index (χ0v) is 12.5. The number of amides is 1. The number of aromatic nitrogens is 1.